The summed E-state index contributed by atoms with van der Waals surface area (Å²) in [5, 5.41) is 15.6. The summed E-state index contributed by atoms with van der Waals surface area (Å²) in [6, 6.07) is 20.3. The van der Waals surface area contributed by atoms with Gasteiger partial charge in [0.15, 0.2) is 0 Å². The number of amides is 2. The van der Waals surface area contributed by atoms with E-state index in [0.29, 0.717) is 11.1 Å². The van der Waals surface area contributed by atoms with Gasteiger partial charge in [-0.05, 0) is 21.9 Å². The molecule has 0 aromatic heterocycles. The second kappa shape index (κ2) is 12.8. The number of esters is 1. The molecule has 0 spiro atoms. The van der Waals surface area contributed by atoms with Crippen molar-refractivity contribution in [1.29, 1.82) is 5.41 Å². The molecule has 0 aliphatic rings. The van der Waals surface area contributed by atoms with Crippen molar-refractivity contribution in [2.75, 3.05) is 13.7 Å². The lowest BCUT2D eigenvalue weighted by atomic mass is 9.87. The van der Waals surface area contributed by atoms with Gasteiger partial charge in [-0.15, -0.1) is 0 Å². The average Bonchev–Trinajstić information content (AvgIpc) is 2.94. The van der Waals surface area contributed by atoms with E-state index in [2.05, 4.69) is 27.2 Å². The highest BCUT2D eigenvalue weighted by Crippen LogP contribution is 2.27. The number of ether oxygens (including phenoxy) is 1. The Hall–Kier alpha value is -4.77. The highest BCUT2D eigenvalue weighted by atomic mass is 16.5. The molecule has 2 amide bonds. The largest absolute Gasteiger partial charge is 0.459 e. The van der Waals surface area contributed by atoms with Gasteiger partial charge in [0.2, 0.25) is 5.78 Å². The second-order valence-corrected chi connectivity index (χ2v) is 8.17. The van der Waals surface area contributed by atoms with Crippen molar-refractivity contribution in [3.63, 3.8) is 0 Å². The van der Waals surface area contributed by atoms with Gasteiger partial charge in [0.1, 0.15) is 0 Å². The van der Waals surface area contributed by atoms with Crippen LogP contribution in [0.15, 0.2) is 66.7 Å². The van der Waals surface area contributed by atoms with Crippen molar-refractivity contribution in [2.45, 2.75) is 25.8 Å². The van der Waals surface area contributed by atoms with Gasteiger partial charge >= 0.3 is 17.8 Å². The zero-order valence-corrected chi connectivity index (χ0v) is 20.6. The molecule has 8 nitrogen and oxygen atoms in total. The van der Waals surface area contributed by atoms with Crippen molar-refractivity contribution in [1.82, 2.24) is 10.6 Å². The van der Waals surface area contributed by atoms with E-state index in [4.69, 9.17) is 5.41 Å². The van der Waals surface area contributed by atoms with Gasteiger partial charge in [-0.25, -0.2) is 4.79 Å². The molecule has 1 atom stereocenters. The predicted molar refractivity (Wildman–Crippen MR) is 140 cm³/mol. The van der Waals surface area contributed by atoms with Crippen molar-refractivity contribution in [3.05, 3.63) is 83.4 Å². The number of hydrogen-bond acceptors (Lipinski definition) is 6. The Labute approximate surface area is 214 Å². The number of Topliss-reactive ketones (excluding diaryl/α,β-unsaturated/α-hetero) is 1. The molecule has 0 saturated carbocycles. The van der Waals surface area contributed by atoms with Gasteiger partial charge in [-0.2, -0.15) is 0 Å². The monoisotopic (exact) mass is 497 g/mol. The number of ketones is 1. The maximum Gasteiger partial charge on any atom is 0.384 e. The molecule has 8 heteroatoms. The maximum atomic E-state index is 13.3. The summed E-state index contributed by atoms with van der Waals surface area (Å²) in [5.74, 6) is 1.43. The molecule has 37 heavy (non-hydrogen) atoms. The Morgan fingerprint density at radius 3 is 2.38 bits per heavy atom. The van der Waals surface area contributed by atoms with Crippen LogP contribution in [0.5, 0.6) is 0 Å². The molecule has 0 heterocycles. The molecule has 0 aliphatic carbocycles. The molecular weight excluding hydrogens is 470 g/mol. The minimum Gasteiger partial charge on any atom is -0.459 e. The van der Waals surface area contributed by atoms with E-state index in [1.807, 2.05) is 49.4 Å². The third kappa shape index (κ3) is 6.89. The van der Waals surface area contributed by atoms with Gasteiger partial charge in [-0.1, -0.05) is 79.6 Å². The second-order valence-electron chi connectivity index (χ2n) is 8.17. The Balaban J connectivity index is 1.64. The summed E-state index contributed by atoms with van der Waals surface area (Å²) in [7, 11) is 1.21. The Morgan fingerprint density at radius 1 is 0.919 bits per heavy atom. The summed E-state index contributed by atoms with van der Waals surface area (Å²) in [6.07, 6.45) is 0.169. The molecule has 0 saturated heterocycles. The van der Waals surface area contributed by atoms with Gasteiger partial charge in [-0.3, -0.25) is 14.4 Å². The zero-order valence-electron chi connectivity index (χ0n) is 20.6. The normalized spacial score (nSPS) is 11.0. The molecule has 3 aromatic rings. The lowest BCUT2D eigenvalue weighted by Crippen LogP contribution is -2.40. The molecular formula is C29H27N3O5. The molecule has 0 unspecified atom stereocenters. The van der Waals surface area contributed by atoms with Crippen molar-refractivity contribution in [2.24, 2.45) is 0 Å². The van der Waals surface area contributed by atoms with Crippen molar-refractivity contribution >= 4 is 40.1 Å². The SMILES string of the molecule is COC(=O)C#CCCNC(=O)C(=O)NCc1ccccc1C(=O)C(=N)[C@H](C)c1cccc2ccccc12. The van der Waals surface area contributed by atoms with Crippen LogP contribution in [0.25, 0.3) is 10.8 Å². The zero-order chi connectivity index (χ0) is 26.8. The van der Waals surface area contributed by atoms with Gasteiger partial charge in [0, 0.05) is 36.9 Å². The first kappa shape index (κ1) is 26.8. The van der Waals surface area contributed by atoms with Crippen LogP contribution in [-0.4, -0.2) is 42.9 Å². The van der Waals surface area contributed by atoms with E-state index in [1.165, 1.54) is 7.11 Å². The molecule has 0 aliphatic heterocycles. The number of rotatable bonds is 8. The third-order valence-electron chi connectivity index (χ3n) is 5.79. The first-order valence-corrected chi connectivity index (χ1v) is 11.6. The highest BCUT2D eigenvalue weighted by Gasteiger charge is 2.24. The van der Waals surface area contributed by atoms with Crippen molar-refractivity contribution in [3.8, 4) is 11.8 Å². The number of carbonyl (C=O) groups is 4. The van der Waals surface area contributed by atoms with Gasteiger partial charge in [0.25, 0.3) is 0 Å². The summed E-state index contributed by atoms with van der Waals surface area (Å²) >= 11 is 0. The Bertz CT molecular complexity index is 1410. The molecule has 3 rings (SSSR count). The third-order valence-corrected chi connectivity index (χ3v) is 5.79. The molecule has 0 bridgehead atoms. The van der Waals surface area contributed by atoms with E-state index in [9.17, 15) is 19.2 Å². The van der Waals surface area contributed by atoms with Crippen LogP contribution < -0.4 is 10.6 Å². The van der Waals surface area contributed by atoms with Gasteiger partial charge in [0.05, 0.1) is 12.8 Å². The average molecular weight is 498 g/mol. The molecule has 0 radical (unpaired) electrons. The topological polar surface area (TPSA) is 125 Å². The predicted octanol–water partition coefficient (Wildman–Crippen LogP) is 3.14. The summed E-state index contributed by atoms with van der Waals surface area (Å²) in [5.41, 5.74) is 1.60. The number of benzene rings is 3. The number of fused-ring (bicyclic) bond motifs is 1. The number of hydrogen-bond donors (Lipinski definition) is 3. The highest BCUT2D eigenvalue weighted by molar-refractivity contribution is 6.47. The summed E-state index contributed by atoms with van der Waals surface area (Å²) in [4.78, 5) is 48.5. The van der Waals surface area contributed by atoms with Crippen molar-refractivity contribution < 1.29 is 23.9 Å². The first-order valence-electron chi connectivity index (χ1n) is 11.6. The fourth-order valence-electron chi connectivity index (χ4n) is 3.78. The van der Waals surface area contributed by atoms with E-state index >= 15 is 0 Å². The summed E-state index contributed by atoms with van der Waals surface area (Å²) in [6.45, 7) is 1.84. The molecule has 3 aromatic carbocycles. The van der Waals surface area contributed by atoms with Crippen LogP contribution in [-0.2, 0) is 25.7 Å². The Morgan fingerprint density at radius 2 is 1.59 bits per heavy atom. The molecule has 188 valence electrons. The molecule has 3 N–H and O–H groups in total. The number of carbonyl (C=O) groups excluding carboxylic acids is 4. The van der Waals surface area contributed by atoms with Crippen LogP contribution >= 0.6 is 0 Å². The lowest BCUT2D eigenvalue weighted by molar-refractivity contribution is -0.139. The number of methoxy groups -OCH3 is 1. The quantitative estimate of drug-likeness (QED) is 0.0839. The van der Waals surface area contributed by atoms with Gasteiger partial charge < -0.3 is 20.8 Å². The lowest BCUT2D eigenvalue weighted by Gasteiger charge is -2.17. The molecule has 0 fully saturated rings. The van der Waals surface area contributed by atoms with Crippen LogP contribution in [0.4, 0.5) is 0 Å². The van der Waals surface area contributed by atoms with Crippen LogP contribution in [0, 0.1) is 17.3 Å². The van der Waals surface area contributed by atoms with E-state index in [0.717, 1.165) is 16.3 Å². The number of nitrogens with one attached hydrogen (secondary N) is 3. The van der Waals surface area contributed by atoms with E-state index < -0.39 is 29.5 Å². The standard InChI is InChI=1S/C29H27N3O5/c1-19(22-15-9-12-20-10-3-5-13-23(20)22)26(30)27(34)24-14-6-4-11-21(24)18-32-29(36)28(35)31-17-8-7-16-25(33)37-2/h3-6,9-15,19,30H,8,17-18H2,1-2H3,(H,31,35)(H,32,36)/t19-/m1/s1. The van der Waals surface area contributed by atoms with Crippen LogP contribution in [0.2, 0.25) is 0 Å². The minimum absolute atomic E-state index is 0.0633. The fourth-order valence-corrected chi connectivity index (χ4v) is 3.78. The Kier molecular flexibility index (Phi) is 9.28. The maximum absolute atomic E-state index is 13.3. The first-order chi connectivity index (χ1) is 17.8. The smallest absolute Gasteiger partial charge is 0.384 e. The van der Waals surface area contributed by atoms with Crippen LogP contribution in [0.1, 0.15) is 40.7 Å². The summed E-state index contributed by atoms with van der Waals surface area (Å²) < 4.78 is 4.38. The van der Waals surface area contributed by atoms with E-state index in [-0.39, 0.29) is 25.2 Å². The minimum atomic E-state index is -0.873. The fraction of sp³-hybridized carbons (Fsp3) is 0.207. The van der Waals surface area contributed by atoms with E-state index in [1.54, 1.807) is 24.3 Å². The van der Waals surface area contributed by atoms with Crippen LogP contribution in [0.3, 0.4) is 0 Å².